The zero-order valence-electron chi connectivity index (χ0n) is 37.0. The zero-order chi connectivity index (χ0) is 43.7. The van der Waals surface area contributed by atoms with Gasteiger partial charge in [0.15, 0.2) is 17.5 Å². The molecule has 0 atom stereocenters. The Labute approximate surface area is 373 Å². The van der Waals surface area contributed by atoms with E-state index in [1.807, 2.05) is 48.8 Å². The highest BCUT2D eigenvalue weighted by Gasteiger charge is 2.24. The number of pyridine rings is 1. The molecular formula is C58H48N6. The predicted molar refractivity (Wildman–Crippen MR) is 265 cm³/mol. The fourth-order valence-electron chi connectivity index (χ4n) is 9.21. The van der Waals surface area contributed by atoms with Crippen LogP contribution in [0.15, 0.2) is 182 Å². The monoisotopic (exact) mass is 828 g/mol. The van der Waals surface area contributed by atoms with Crippen LogP contribution in [0.2, 0.25) is 0 Å². The van der Waals surface area contributed by atoms with Crippen molar-refractivity contribution in [3.8, 4) is 56.7 Å². The van der Waals surface area contributed by atoms with Gasteiger partial charge in [-0.1, -0.05) is 163 Å². The lowest BCUT2D eigenvalue weighted by molar-refractivity contribution is 0.591. The number of nitrogens with zero attached hydrogens (tertiary/aromatic N) is 6. The van der Waals surface area contributed by atoms with E-state index in [1.165, 1.54) is 32.7 Å². The molecule has 4 heterocycles. The summed E-state index contributed by atoms with van der Waals surface area (Å²) in [5, 5.41) is 4.86. The molecule has 0 aliphatic heterocycles. The van der Waals surface area contributed by atoms with Crippen LogP contribution in [-0.2, 0) is 10.8 Å². The molecule has 11 aromatic rings. The molecule has 0 radical (unpaired) electrons. The van der Waals surface area contributed by atoms with Gasteiger partial charge in [0.25, 0.3) is 0 Å². The number of rotatable bonds is 6. The van der Waals surface area contributed by atoms with Gasteiger partial charge in [0.2, 0.25) is 0 Å². The van der Waals surface area contributed by atoms with Crippen molar-refractivity contribution >= 4 is 43.6 Å². The van der Waals surface area contributed by atoms with Gasteiger partial charge in [-0.05, 0) is 70.5 Å². The van der Waals surface area contributed by atoms with Gasteiger partial charge < -0.3 is 9.13 Å². The fourth-order valence-corrected chi connectivity index (χ4v) is 9.21. The summed E-state index contributed by atoms with van der Waals surface area (Å²) in [4.78, 5) is 20.2. The van der Waals surface area contributed by atoms with Crippen LogP contribution in [0.3, 0.4) is 0 Å². The highest BCUT2D eigenvalue weighted by atomic mass is 15.0. The summed E-state index contributed by atoms with van der Waals surface area (Å²) in [5.74, 6) is 1.84. The molecule has 6 heteroatoms. The van der Waals surface area contributed by atoms with Gasteiger partial charge >= 0.3 is 0 Å². The van der Waals surface area contributed by atoms with E-state index in [1.54, 1.807) is 0 Å². The molecule has 0 spiro atoms. The first-order valence-electron chi connectivity index (χ1n) is 22.1. The summed E-state index contributed by atoms with van der Waals surface area (Å²) in [5.41, 5.74) is 13.9. The van der Waals surface area contributed by atoms with Crippen LogP contribution in [0, 0.1) is 0 Å². The summed E-state index contributed by atoms with van der Waals surface area (Å²) in [6, 6.07) is 60.5. The molecule has 64 heavy (non-hydrogen) atoms. The van der Waals surface area contributed by atoms with Crippen LogP contribution < -0.4 is 0 Å². The molecule has 0 fully saturated rings. The summed E-state index contributed by atoms with van der Waals surface area (Å²) in [6.45, 7) is 13.7. The smallest absolute Gasteiger partial charge is 0.164 e. The third-order valence-electron chi connectivity index (χ3n) is 12.6. The molecule has 0 aliphatic rings. The van der Waals surface area contributed by atoms with Crippen molar-refractivity contribution in [1.82, 2.24) is 29.1 Å². The maximum Gasteiger partial charge on any atom is 0.164 e. The average molecular weight is 829 g/mol. The number of aromatic nitrogens is 6. The number of para-hydroxylation sites is 2. The fraction of sp³-hybridized carbons (Fsp3) is 0.138. The van der Waals surface area contributed by atoms with Gasteiger partial charge in [-0.15, -0.1) is 0 Å². The van der Waals surface area contributed by atoms with Gasteiger partial charge in [-0.2, -0.15) is 0 Å². The Hall–Kier alpha value is -7.70. The lowest BCUT2D eigenvalue weighted by Gasteiger charge is -2.21. The predicted octanol–water partition coefficient (Wildman–Crippen LogP) is 14.7. The van der Waals surface area contributed by atoms with Gasteiger partial charge in [-0.25, -0.2) is 15.0 Å². The molecule has 0 saturated carbocycles. The molecule has 0 saturated heterocycles. The van der Waals surface area contributed by atoms with E-state index in [2.05, 4.69) is 184 Å². The number of hydrogen-bond acceptors (Lipinski definition) is 4. The van der Waals surface area contributed by atoms with Crippen molar-refractivity contribution in [2.45, 2.75) is 52.4 Å². The first-order chi connectivity index (χ1) is 31.0. The highest BCUT2D eigenvalue weighted by Crippen LogP contribution is 2.43. The molecule has 6 nitrogen and oxygen atoms in total. The largest absolute Gasteiger partial charge is 0.309 e. The van der Waals surface area contributed by atoms with Gasteiger partial charge in [-0.3, -0.25) is 4.98 Å². The van der Waals surface area contributed by atoms with E-state index in [0.29, 0.717) is 17.5 Å². The van der Waals surface area contributed by atoms with Crippen molar-refractivity contribution in [2.24, 2.45) is 0 Å². The van der Waals surface area contributed by atoms with Crippen LogP contribution in [0.1, 0.15) is 52.7 Å². The lowest BCUT2D eigenvalue weighted by atomic mass is 9.86. The number of hydrogen-bond donors (Lipinski definition) is 0. The van der Waals surface area contributed by atoms with E-state index in [-0.39, 0.29) is 10.8 Å². The summed E-state index contributed by atoms with van der Waals surface area (Å²) in [6.07, 6.45) is 3.93. The molecule has 0 N–H and O–H groups in total. The highest BCUT2D eigenvalue weighted by molar-refractivity contribution is 6.12. The topological polar surface area (TPSA) is 61.4 Å². The van der Waals surface area contributed by atoms with E-state index < -0.39 is 0 Å². The van der Waals surface area contributed by atoms with Crippen LogP contribution in [0.4, 0.5) is 0 Å². The molecule has 310 valence electrons. The standard InChI is InChI=1S/C58H48N6/c1-57(2,3)40-26-29-50-45(34-40)42-21-13-15-23-48(42)63(50)52-31-32-59-36-47(52)44-28-25-39(56-61-54(37-17-9-7-10-18-37)60-55(62-56)38-19-11-8-12-20-38)33-53(44)64-49-24-16-14-22-43(49)46-35-41(58(4,5)6)27-30-51(46)64/h7-36H,1-6H3. The summed E-state index contributed by atoms with van der Waals surface area (Å²) < 4.78 is 4.84. The molecule has 7 aromatic carbocycles. The van der Waals surface area contributed by atoms with Crippen LogP contribution >= 0.6 is 0 Å². The minimum atomic E-state index is -0.0192. The first kappa shape index (κ1) is 39.2. The Balaban J connectivity index is 1.21. The summed E-state index contributed by atoms with van der Waals surface area (Å²) >= 11 is 0. The number of benzene rings is 7. The minimum absolute atomic E-state index is 0.00801. The third-order valence-corrected chi connectivity index (χ3v) is 12.6. The van der Waals surface area contributed by atoms with Gasteiger partial charge in [0, 0.05) is 61.8 Å². The first-order valence-corrected chi connectivity index (χ1v) is 22.1. The van der Waals surface area contributed by atoms with Crippen molar-refractivity contribution in [3.05, 3.63) is 193 Å². The molecule has 0 unspecified atom stereocenters. The van der Waals surface area contributed by atoms with Gasteiger partial charge in [0.1, 0.15) is 0 Å². The second kappa shape index (κ2) is 15.0. The molecule has 0 bridgehead atoms. The maximum atomic E-state index is 5.19. The average Bonchev–Trinajstić information content (AvgIpc) is 3.83. The van der Waals surface area contributed by atoms with Crippen molar-refractivity contribution < 1.29 is 0 Å². The molecular weight excluding hydrogens is 781 g/mol. The Morgan fingerprint density at radius 3 is 1.33 bits per heavy atom. The Morgan fingerprint density at radius 2 is 0.812 bits per heavy atom. The van der Waals surface area contributed by atoms with Crippen LogP contribution in [0.25, 0.3) is 100 Å². The quantitative estimate of drug-likeness (QED) is 0.167. The number of fused-ring (bicyclic) bond motifs is 6. The van der Waals surface area contributed by atoms with E-state index in [9.17, 15) is 0 Å². The Kier molecular flexibility index (Phi) is 9.17. The minimum Gasteiger partial charge on any atom is -0.309 e. The Bertz CT molecular complexity index is 3510. The SMILES string of the molecule is CC(C)(C)c1ccc2c(c1)c1ccccc1n2-c1ccncc1-c1ccc(-c2nc(-c3ccccc3)nc(-c3ccccc3)n2)cc1-n1c2ccccc2c2cc(C(C)(C)C)ccc21. The maximum absolute atomic E-state index is 5.19. The molecule has 11 rings (SSSR count). The summed E-state index contributed by atoms with van der Waals surface area (Å²) in [7, 11) is 0. The molecule has 4 aromatic heterocycles. The second-order valence-electron chi connectivity index (χ2n) is 18.8. The van der Waals surface area contributed by atoms with Crippen molar-refractivity contribution in [1.29, 1.82) is 0 Å². The molecule has 0 amide bonds. The van der Waals surface area contributed by atoms with Crippen molar-refractivity contribution in [2.75, 3.05) is 0 Å². The lowest BCUT2D eigenvalue weighted by Crippen LogP contribution is -2.10. The van der Waals surface area contributed by atoms with E-state index in [0.717, 1.165) is 61.3 Å². The third kappa shape index (κ3) is 6.65. The second-order valence-corrected chi connectivity index (χ2v) is 18.8. The van der Waals surface area contributed by atoms with Crippen LogP contribution in [0.5, 0.6) is 0 Å². The van der Waals surface area contributed by atoms with Crippen LogP contribution in [-0.4, -0.2) is 29.1 Å². The van der Waals surface area contributed by atoms with E-state index in [4.69, 9.17) is 19.9 Å². The van der Waals surface area contributed by atoms with Crippen molar-refractivity contribution in [3.63, 3.8) is 0 Å². The normalized spacial score (nSPS) is 12.2. The van der Waals surface area contributed by atoms with Gasteiger partial charge in [0.05, 0.1) is 33.4 Å². The zero-order valence-corrected chi connectivity index (χ0v) is 37.0. The van der Waals surface area contributed by atoms with E-state index >= 15 is 0 Å². The molecule has 0 aliphatic carbocycles. The Morgan fingerprint density at radius 1 is 0.359 bits per heavy atom.